The molecule has 3 aliphatic rings. The van der Waals surface area contributed by atoms with Gasteiger partial charge in [0.1, 0.15) is 11.4 Å². The zero-order valence-corrected chi connectivity index (χ0v) is 13.0. The van der Waals surface area contributed by atoms with E-state index in [4.69, 9.17) is 14.5 Å². The molecule has 2 fully saturated rings. The fourth-order valence-electron chi connectivity index (χ4n) is 3.88. The Morgan fingerprint density at radius 1 is 1.45 bits per heavy atom. The summed E-state index contributed by atoms with van der Waals surface area (Å²) in [6.07, 6.45) is 4.58. The highest BCUT2D eigenvalue weighted by molar-refractivity contribution is 5.95. The van der Waals surface area contributed by atoms with E-state index in [1.54, 1.807) is 0 Å². The van der Waals surface area contributed by atoms with Crippen LogP contribution in [0.25, 0.3) is 0 Å². The largest absolute Gasteiger partial charge is 0.462 e. The average molecular weight is 302 g/mol. The van der Waals surface area contributed by atoms with Crippen LogP contribution in [0.4, 0.5) is 5.82 Å². The highest BCUT2D eigenvalue weighted by Crippen LogP contribution is 2.43. The molecule has 1 aromatic heterocycles. The van der Waals surface area contributed by atoms with Crippen LogP contribution in [-0.2, 0) is 22.5 Å². The van der Waals surface area contributed by atoms with Gasteiger partial charge in [-0.2, -0.15) is 0 Å². The lowest BCUT2D eigenvalue weighted by atomic mass is 9.80. The highest BCUT2D eigenvalue weighted by atomic mass is 16.5. The van der Waals surface area contributed by atoms with Crippen LogP contribution < -0.4 is 4.90 Å². The van der Waals surface area contributed by atoms with Crippen molar-refractivity contribution in [2.24, 2.45) is 5.92 Å². The summed E-state index contributed by atoms with van der Waals surface area (Å²) in [5, 5.41) is 0. The molecule has 0 radical (unpaired) electrons. The molecule has 118 valence electrons. The summed E-state index contributed by atoms with van der Waals surface area (Å²) in [4.78, 5) is 19.6. The van der Waals surface area contributed by atoms with Gasteiger partial charge >= 0.3 is 5.97 Å². The number of carbonyl (C=O) groups is 1. The van der Waals surface area contributed by atoms with E-state index in [0.717, 1.165) is 36.0 Å². The van der Waals surface area contributed by atoms with Gasteiger partial charge in [0.2, 0.25) is 0 Å². The van der Waals surface area contributed by atoms with Crippen molar-refractivity contribution in [2.75, 3.05) is 24.7 Å². The Bertz CT molecular complexity index is 602. The molecule has 5 nitrogen and oxygen atoms in total. The normalized spacial score (nSPS) is 26.1. The molecule has 5 heteroatoms. The maximum atomic E-state index is 12.4. The highest BCUT2D eigenvalue weighted by Gasteiger charge is 2.42. The molecule has 1 aliphatic carbocycles. The number of nitrogens with zero attached hydrogens (tertiary/aromatic N) is 2. The smallest absolute Gasteiger partial charge is 0.341 e. The first-order valence-electron chi connectivity index (χ1n) is 8.32. The van der Waals surface area contributed by atoms with E-state index in [-0.39, 0.29) is 5.97 Å². The van der Waals surface area contributed by atoms with Gasteiger partial charge in [-0.1, -0.05) is 0 Å². The van der Waals surface area contributed by atoms with Crippen LogP contribution >= 0.6 is 0 Å². The second-order valence-electron chi connectivity index (χ2n) is 6.38. The van der Waals surface area contributed by atoms with E-state index in [2.05, 4.69) is 4.90 Å². The van der Waals surface area contributed by atoms with Gasteiger partial charge < -0.3 is 14.4 Å². The molecular weight excluding hydrogens is 280 g/mol. The fourth-order valence-corrected chi connectivity index (χ4v) is 3.88. The van der Waals surface area contributed by atoms with Crippen molar-refractivity contribution in [1.29, 1.82) is 0 Å². The topological polar surface area (TPSA) is 51.7 Å². The SMILES string of the molecule is CCOC(=O)c1cc2c(nc1N1CC[C@@H]3CC[C@@H]31)CCOC2. The summed E-state index contributed by atoms with van der Waals surface area (Å²) in [5.41, 5.74) is 2.72. The van der Waals surface area contributed by atoms with Crippen molar-refractivity contribution in [1.82, 2.24) is 4.98 Å². The van der Waals surface area contributed by atoms with Crippen LogP contribution in [0.3, 0.4) is 0 Å². The standard InChI is InChI=1S/C17H22N2O3/c1-2-22-17(20)13-9-12-10-21-8-6-14(12)18-16(13)19-7-5-11-3-4-15(11)19/h9,11,15H,2-8,10H2,1H3/t11-,15-/m0/s1. The summed E-state index contributed by atoms with van der Waals surface area (Å²) in [5.74, 6) is 1.36. The first kappa shape index (κ1) is 14.0. The molecule has 3 heterocycles. The third-order valence-corrected chi connectivity index (χ3v) is 5.20. The van der Waals surface area contributed by atoms with E-state index in [1.165, 1.54) is 19.3 Å². The molecular formula is C17H22N2O3. The third-order valence-electron chi connectivity index (χ3n) is 5.20. The van der Waals surface area contributed by atoms with Crippen molar-refractivity contribution in [2.45, 2.75) is 45.3 Å². The van der Waals surface area contributed by atoms with Gasteiger partial charge in [0.05, 0.1) is 25.5 Å². The van der Waals surface area contributed by atoms with Crippen molar-refractivity contribution in [3.05, 3.63) is 22.9 Å². The zero-order valence-electron chi connectivity index (χ0n) is 13.0. The van der Waals surface area contributed by atoms with E-state index < -0.39 is 0 Å². The number of hydrogen-bond acceptors (Lipinski definition) is 5. The van der Waals surface area contributed by atoms with Gasteiger partial charge in [-0.05, 0) is 38.2 Å². The maximum absolute atomic E-state index is 12.4. The van der Waals surface area contributed by atoms with Gasteiger partial charge in [-0.25, -0.2) is 9.78 Å². The van der Waals surface area contributed by atoms with E-state index >= 15 is 0 Å². The Morgan fingerprint density at radius 2 is 2.36 bits per heavy atom. The summed E-state index contributed by atoms with van der Waals surface area (Å²) in [6, 6.07) is 2.51. The Labute approximate surface area is 130 Å². The summed E-state index contributed by atoms with van der Waals surface area (Å²) in [6.45, 7) is 4.48. The minimum absolute atomic E-state index is 0.263. The molecule has 1 saturated carbocycles. The molecule has 22 heavy (non-hydrogen) atoms. The second kappa shape index (κ2) is 5.54. The molecule has 0 bridgehead atoms. The summed E-state index contributed by atoms with van der Waals surface area (Å²) in [7, 11) is 0. The number of esters is 1. The predicted octanol–water partition coefficient (Wildman–Crippen LogP) is 2.32. The lowest BCUT2D eigenvalue weighted by molar-refractivity contribution is 0.0525. The number of hydrogen-bond donors (Lipinski definition) is 0. The number of aromatic nitrogens is 1. The number of pyridine rings is 1. The number of carbonyl (C=O) groups excluding carboxylic acids is 1. The van der Waals surface area contributed by atoms with Crippen LogP contribution in [0.5, 0.6) is 0 Å². The van der Waals surface area contributed by atoms with Crippen molar-refractivity contribution >= 4 is 11.8 Å². The minimum Gasteiger partial charge on any atom is -0.462 e. The van der Waals surface area contributed by atoms with Crippen LogP contribution in [0, 0.1) is 5.92 Å². The molecule has 0 aromatic carbocycles. The van der Waals surface area contributed by atoms with E-state index in [1.807, 2.05) is 13.0 Å². The first-order valence-corrected chi connectivity index (χ1v) is 8.32. The molecule has 0 spiro atoms. The number of rotatable bonds is 3. The number of anilines is 1. The zero-order chi connectivity index (χ0) is 15.1. The Morgan fingerprint density at radius 3 is 3.09 bits per heavy atom. The second-order valence-corrected chi connectivity index (χ2v) is 6.38. The third kappa shape index (κ3) is 2.19. The Kier molecular flexibility index (Phi) is 3.53. The molecule has 0 unspecified atom stereocenters. The fraction of sp³-hybridized carbons (Fsp3) is 0.647. The predicted molar refractivity (Wildman–Crippen MR) is 82.0 cm³/mol. The number of fused-ring (bicyclic) bond motifs is 2. The molecule has 2 aliphatic heterocycles. The van der Waals surface area contributed by atoms with Gasteiger partial charge in [0.15, 0.2) is 0 Å². The molecule has 0 N–H and O–H groups in total. The molecule has 1 aromatic rings. The maximum Gasteiger partial charge on any atom is 0.341 e. The van der Waals surface area contributed by atoms with Crippen LogP contribution in [0.1, 0.15) is 47.8 Å². The quantitative estimate of drug-likeness (QED) is 0.802. The van der Waals surface area contributed by atoms with E-state index in [9.17, 15) is 4.79 Å². The Balaban J connectivity index is 1.75. The summed E-state index contributed by atoms with van der Waals surface area (Å²) < 4.78 is 10.8. The molecule has 4 rings (SSSR count). The van der Waals surface area contributed by atoms with Crippen LogP contribution in [0.2, 0.25) is 0 Å². The Hall–Kier alpha value is -1.62. The average Bonchev–Trinajstić information content (AvgIpc) is 2.80. The molecule has 2 atom stereocenters. The minimum atomic E-state index is -0.263. The van der Waals surface area contributed by atoms with Gasteiger partial charge in [0, 0.05) is 24.6 Å². The monoisotopic (exact) mass is 302 g/mol. The van der Waals surface area contributed by atoms with Gasteiger partial charge in [-0.3, -0.25) is 0 Å². The lowest BCUT2D eigenvalue weighted by Gasteiger charge is -2.37. The van der Waals surface area contributed by atoms with Crippen LogP contribution in [-0.4, -0.2) is 36.8 Å². The van der Waals surface area contributed by atoms with E-state index in [0.29, 0.717) is 31.4 Å². The first-order chi connectivity index (χ1) is 10.8. The van der Waals surface area contributed by atoms with Gasteiger partial charge in [-0.15, -0.1) is 0 Å². The van der Waals surface area contributed by atoms with Crippen molar-refractivity contribution in [3.8, 4) is 0 Å². The summed E-state index contributed by atoms with van der Waals surface area (Å²) >= 11 is 0. The van der Waals surface area contributed by atoms with Crippen LogP contribution in [0.15, 0.2) is 6.07 Å². The molecule has 1 saturated heterocycles. The lowest BCUT2D eigenvalue weighted by Crippen LogP contribution is -2.40. The number of ether oxygens (including phenoxy) is 2. The van der Waals surface area contributed by atoms with Gasteiger partial charge in [0.25, 0.3) is 0 Å². The van der Waals surface area contributed by atoms with Crippen molar-refractivity contribution < 1.29 is 14.3 Å². The van der Waals surface area contributed by atoms with Crippen molar-refractivity contribution in [3.63, 3.8) is 0 Å². The molecule has 0 amide bonds.